The third-order valence-electron chi connectivity index (χ3n) is 5.19. The van der Waals surface area contributed by atoms with Crippen LogP contribution in [0, 0.1) is 5.92 Å². The number of methoxy groups -OCH3 is 3. The Morgan fingerprint density at radius 1 is 1.12 bits per heavy atom. The van der Waals surface area contributed by atoms with E-state index in [1.165, 1.54) is 27.7 Å². The van der Waals surface area contributed by atoms with Crippen molar-refractivity contribution in [2.24, 2.45) is 5.92 Å². The monoisotopic (exact) mass is 438 g/mol. The minimum Gasteiger partial charge on any atom is -0.493 e. The third kappa shape index (κ3) is 4.07. The predicted molar refractivity (Wildman–Crippen MR) is 115 cm³/mol. The van der Waals surface area contributed by atoms with E-state index in [1.54, 1.807) is 41.3 Å². The maximum absolute atomic E-state index is 12.9. The van der Waals surface area contributed by atoms with Crippen molar-refractivity contribution in [2.45, 2.75) is 6.42 Å². The summed E-state index contributed by atoms with van der Waals surface area (Å²) >= 11 is 0. The van der Waals surface area contributed by atoms with Gasteiger partial charge in [0.15, 0.2) is 11.5 Å². The number of rotatable bonds is 7. The zero-order valence-corrected chi connectivity index (χ0v) is 17.8. The van der Waals surface area contributed by atoms with Gasteiger partial charge in [0.05, 0.1) is 32.9 Å². The quantitative estimate of drug-likeness (QED) is 0.599. The fourth-order valence-electron chi connectivity index (χ4n) is 3.63. The topological polar surface area (TPSA) is 116 Å². The van der Waals surface area contributed by atoms with Crippen LogP contribution in [0.15, 0.2) is 47.2 Å². The molecular formula is C22H22N4O6. The molecule has 0 bridgehead atoms. The van der Waals surface area contributed by atoms with Crippen LogP contribution in [-0.2, 0) is 9.59 Å². The predicted octanol–water partition coefficient (Wildman–Crippen LogP) is 2.75. The summed E-state index contributed by atoms with van der Waals surface area (Å²) in [7, 11) is 4.52. The molecule has 166 valence electrons. The Hall–Kier alpha value is -4.08. The summed E-state index contributed by atoms with van der Waals surface area (Å²) < 4.78 is 21.3. The van der Waals surface area contributed by atoms with Crippen LogP contribution in [0.1, 0.15) is 6.42 Å². The number of benzene rings is 2. The van der Waals surface area contributed by atoms with Crippen molar-refractivity contribution in [3.63, 3.8) is 0 Å². The molecule has 10 nitrogen and oxygen atoms in total. The second kappa shape index (κ2) is 8.96. The standard InChI is InChI=1S/C22H22N4O6/c1-29-17-9-16(10-18(30-2)20(17)31-3)26-11-14(8-19(26)27)21(28)24-15-6-4-5-13(7-15)22-25-23-12-32-22/h4-7,9-10,12,14H,8,11H2,1-3H3,(H,24,28)/t14-/m1/s1. The summed E-state index contributed by atoms with van der Waals surface area (Å²) in [6.07, 6.45) is 1.33. The van der Waals surface area contributed by atoms with Crippen molar-refractivity contribution >= 4 is 23.2 Å². The number of hydrogen-bond acceptors (Lipinski definition) is 8. The second-order valence-electron chi connectivity index (χ2n) is 7.10. The summed E-state index contributed by atoms with van der Waals surface area (Å²) in [6, 6.07) is 10.4. The molecule has 2 heterocycles. The average molecular weight is 438 g/mol. The second-order valence-corrected chi connectivity index (χ2v) is 7.10. The lowest BCUT2D eigenvalue weighted by Gasteiger charge is -2.20. The van der Waals surface area contributed by atoms with Crippen LogP contribution >= 0.6 is 0 Å². The molecule has 0 spiro atoms. The first-order chi connectivity index (χ1) is 15.5. The van der Waals surface area contributed by atoms with Gasteiger partial charge >= 0.3 is 0 Å². The molecule has 2 amide bonds. The lowest BCUT2D eigenvalue weighted by Crippen LogP contribution is -2.28. The number of ether oxygens (including phenoxy) is 3. The summed E-state index contributed by atoms with van der Waals surface area (Å²) in [5.74, 6) is 0.705. The van der Waals surface area contributed by atoms with Crippen molar-refractivity contribution in [1.29, 1.82) is 0 Å². The van der Waals surface area contributed by atoms with E-state index < -0.39 is 5.92 Å². The molecule has 4 rings (SSSR count). The highest BCUT2D eigenvalue weighted by atomic mass is 16.5. The van der Waals surface area contributed by atoms with Gasteiger partial charge in [-0.3, -0.25) is 9.59 Å². The molecule has 32 heavy (non-hydrogen) atoms. The van der Waals surface area contributed by atoms with E-state index in [4.69, 9.17) is 18.6 Å². The highest BCUT2D eigenvalue weighted by Crippen LogP contribution is 2.42. The molecule has 10 heteroatoms. The maximum atomic E-state index is 12.9. The number of anilines is 2. The van der Waals surface area contributed by atoms with Gasteiger partial charge in [-0.25, -0.2) is 0 Å². The van der Waals surface area contributed by atoms with Crippen molar-refractivity contribution < 1.29 is 28.2 Å². The third-order valence-corrected chi connectivity index (χ3v) is 5.19. The van der Waals surface area contributed by atoms with Gasteiger partial charge < -0.3 is 28.8 Å². The van der Waals surface area contributed by atoms with E-state index in [-0.39, 0.29) is 24.8 Å². The number of aromatic nitrogens is 2. The number of nitrogens with one attached hydrogen (secondary N) is 1. The van der Waals surface area contributed by atoms with Gasteiger partial charge in [-0.05, 0) is 18.2 Å². The average Bonchev–Trinajstić information content (AvgIpc) is 3.48. The maximum Gasteiger partial charge on any atom is 0.247 e. The van der Waals surface area contributed by atoms with Crippen LogP contribution in [0.4, 0.5) is 11.4 Å². The molecule has 2 aromatic carbocycles. The Morgan fingerprint density at radius 2 is 1.88 bits per heavy atom. The van der Waals surface area contributed by atoms with Gasteiger partial charge in [-0.2, -0.15) is 0 Å². The van der Waals surface area contributed by atoms with E-state index in [9.17, 15) is 9.59 Å². The Balaban J connectivity index is 1.51. The first-order valence-corrected chi connectivity index (χ1v) is 9.82. The van der Waals surface area contributed by atoms with E-state index >= 15 is 0 Å². The molecule has 1 fully saturated rings. The first-order valence-electron chi connectivity index (χ1n) is 9.82. The van der Waals surface area contributed by atoms with E-state index in [1.807, 2.05) is 0 Å². The molecule has 1 aliphatic rings. The summed E-state index contributed by atoms with van der Waals surface area (Å²) in [6.45, 7) is 0.229. The number of carbonyl (C=O) groups is 2. The minimum atomic E-state index is -0.520. The molecule has 0 unspecified atom stereocenters. The summed E-state index contributed by atoms with van der Waals surface area (Å²) in [5.41, 5.74) is 1.82. The zero-order chi connectivity index (χ0) is 22.7. The van der Waals surface area contributed by atoms with Gasteiger partial charge in [-0.1, -0.05) is 6.07 Å². The molecule has 1 N–H and O–H groups in total. The van der Waals surface area contributed by atoms with Crippen molar-refractivity contribution in [3.05, 3.63) is 42.8 Å². The lowest BCUT2D eigenvalue weighted by atomic mass is 10.1. The zero-order valence-electron chi connectivity index (χ0n) is 17.8. The minimum absolute atomic E-state index is 0.0891. The van der Waals surface area contributed by atoms with Crippen LogP contribution in [0.2, 0.25) is 0 Å². The lowest BCUT2D eigenvalue weighted by molar-refractivity contribution is -0.122. The highest BCUT2D eigenvalue weighted by molar-refractivity contribution is 6.04. The van der Waals surface area contributed by atoms with Crippen LogP contribution in [0.25, 0.3) is 11.5 Å². The van der Waals surface area contributed by atoms with Gasteiger partial charge in [0.25, 0.3) is 0 Å². The first kappa shape index (κ1) is 21.2. The SMILES string of the molecule is COc1cc(N2C[C@H](C(=O)Nc3cccc(-c4nnco4)c3)CC2=O)cc(OC)c1OC. The molecule has 0 aliphatic carbocycles. The molecule has 3 aromatic rings. The molecule has 1 atom stereocenters. The largest absolute Gasteiger partial charge is 0.493 e. The normalized spacial score (nSPS) is 15.5. The molecular weight excluding hydrogens is 416 g/mol. The Labute approximate surface area is 184 Å². The fourth-order valence-corrected chi connectivity index (χ4v) is 3.63. The van der Waals surface area contributed by atoms with Crippen LogP contribution in [0.3, 0.4) is 0 Å². The van der Waals surface area contributed by atoms with Gasteiger partial charge in [0, 0.05) is 36.3 Å². The highest BCUT2D eigenvalue weighted by Gasteiger charge is 2.36. The Bertz CT molecular complexity index is 1110. The van der Waals surface area contributed by atoms with Crippen molar-refractivity contribution in [1.82, 2.24) is 10.2 Å². The number of nitrogens with zero attached hydrogens (tertiary/aromatic N) is 3. The van der Waals surface area contributed by atoms with Crippen LogP contribution in [-0.4, -0.2) is 49.9 Å². The smallest absolute Gasteiger partial charge is 0.247 e. The number of amides is 2. The summed E-state index contributed by atoms with van der Waals surface area (Å²) in [4.78, 5) is 27.1. The van der Waals surface area contributed by atoms with E-state index in [0.717, 1.165) is 0 Å². The van der Waals surface area contributed by atoms with E-state index in [2.05, 4.69) is 15.5 Å². The van der Waals surface area contributed by atoms with Gasteiger partial charge in [0.2, 0.25) is 29.8 Å². The summed E-state index contributed by atoms with van der Waals surface area (Å²) in [5, 5.41) is 10.4. The fraction of sp³-hybridized carbons (Fsp3) is 0.273. The molecule has 1 saturated heterocycles. The van der Waals surface area contributed by atoms with Crippen molar-refractivity contribution in [2.75, 3.05) is 38.1 Å². The molecule has 0 radical (unpaired) electrons. The van der Waals surface area contributed by atoms with E-state index in [0.29, 0.717) is 40.1 Å². The number of hydrogen-bond donors (Lipinski definition) is 1. The van der Waals surface area contributed by atoms with Gasteiger partial charge in [-0.15, -0.1) is 10.2 Å². The molecule has 1 aromatic heterocycles. The van der Waals surface area contributed by atoms with Gasteiger partial charge in [0.1, 0.15) is 0 Å². The van der Waals surface area contributed by atoms with Crippen molar-refractivity contribution in [3.8, 4) is 28.7 Å². The van der Waals surface area contributed by atoms with Crippen LogP contribution < -0.4 is 24.4 Å². The molecule has 1 aliphatic heterocycles. The van der Waals surface area contributed by atoms with Crippen LogP contribution in [0.5, 0.6) is 17.2 Å². The Morgan fingerprint density at radius 3 is 2.50 bits per heavy atom. The molecule has 0 saturated carbocycles. The number of carbonyl (C=O) groups excluding carboxylic acids is 2. The Kier molecular flexibility index (Phi) is 5.93.